The van der Waals surface area contributed by atoms with Gasteiger partial charge in [0, 0.05) is 37.0 Å². The molecule has 0 spiro atoms. The highest BCUT2D eigenvalue weighted by Crippen LogP contribution is 2.30. The lowest BCUT2D eigenvalue weighted by Gasteiger charge is -2.29. The molecular weight excluding hydrogens is 417 g/mol. The van der Waals surface area contributed by atoms with E-state index in [1.54, 1.807) is 6.07 Å². The van der Waals surface area contributed by atoms with E-state index < -0.39 is 35.4 Å². The SMILES string of the molecule is CC1(C)OC(=O)C(=CNc2cccc(C(=O)Nc3cccc(C(F)(F)F)c3)c2)C(=O)O1. The molecule has 3 rings (SSSR count). The van der Waals surface area contributed by atoms with E-state index in [9.17, 15) is 27.6 Å². The van der Waals surface area contributed by atoms with Crippen molar-refractivity contribution in [1.82, 2.24) is 0 Å². The number of rotatable bonds is 4. The molecule has 0 aliphatic carbocycles. The summed E-state index contributed by atoms with van der Waals surface area (Å²) < 4.78 is 48.4. The van der Waals surface area contributed by atoms with Crippen molar-refractivity contribution in [1.29, 1.82) is 0 Å². The number of alkyl halides is 3. The molecule has 1 saturated heterocycles. The quantitative estimate of drug-likeness (QED) is 0.428. The maximum atomic E-state index is 12.8. The van der Waals surface area contributed by atoms with Crippen LogP contribution in [-0.2, 0) is 25.2 Å². The lowest BCUT2D eigenvalue weighted by atomic mass is 10.1. The number of carbonyl (C=O) groups is 3. The molecule has 0 bridgehead atoms. The number of nitrogens with one attached hydrogen (secondary N) is 2. The summed E-state index contributed by atoms with van der Waals surface area (Å²) in [5.74, 6) is -3.75. The van der Waals surface area contributed by atoms with Crippen molar-refractivity contribution in [2.24, 2.45) is 0 Å². The second kappa shape index (κ2) is 8.13. The average molecular weight is 434 g/mol. The van der Waals surface area contributed by atoms with Crippen molar-refractivity contribution in [2.75, 3.05) is 10.6 Å². The highest BCUT2D eigenvalue weighted by atomic mass is 19.4. The van der Waals surface area contributed by atoms with Crippen LogP contribution in [-0.4, -0.2) is 23.6 Å². The van der Waals surface area contributed by atoms with Gasteiger partial charge in [-0.25, -0.2) is 9.59 Å². The van der Waals surface area contributed by atoms with E-state index in [1.807, 2.05) is 0 Å². The van der Waals surface area contributed by atoms with Crippen LogP contribution in [0.25, 0.3) is 0 Å². The van der Waals surface area contributed by atoms with E-state index in [2.05, 4.69) is 10.6 Å². The molecule has 1 heterocycles. The summed E-state index contributed by atoms with van der Waals surface area (Å²) in [6.45, 7) is 2.83. The first-order valence-electron chi connectivity index (χ1n) is 8.97. The van der Waals surface area contributed by atoms with Gasteiger partial charge < -0.3 is 20.1 Å². The van der Waals surface area contributed by atoms with Gasteiger partial charge >= 0.3 is 18.1 Å². The van der Waals surface area contributed by atoms with Crippen LogP contribution in [0, 0.1) is 0 Å². The Morgan fingerprint density at radius 1 is 0.968 bits per heavy atom. The van der Waals surface area contributed by atoms with E-state index in [0.29, 0.717) is 5.69 Å². The van der Waals surface area contributed by atoms with Crippen LogP contribution in [0.5, 0.6) is 0 Å². The first kappa shape index (κ1) is 21.9. The minimum Gasteiger partial charge on any atom is -0.419 e. The van der Waals surface area contributed by atoms with Crippen LogP contribution in [0.2, 0.25) is 0 Å². The number of esters is 2. The molecule has 0 aromatic heterocycles. The van der Waals surface area contributed by atoms with E-state index >= 15 is 0 Å². The minimum absolute atomic E-state index is 0.0179. The normalized spacial score (nSPS) is 15.6. The van der Waals surface area contributed by atoms with Gasteiger partial charge in [-0.3, -0.25) is 4.79 Å². The lowest BCUT2D eigenvalue weighted by molar-refractivity contribution is -0.222. The number of cyclic esters (lactones) is 2. The molecule has 2 aromatic carbocycles. The van der Waals surface area contributed by atoms with Crippen LogP contribution in [0.15, 0.2) is 60.3 Å². The average Bonchev–Trinajstić information content (AvgIpc) is 2.66. The number of halogens is 3. The van der Waals surface area contributed by atoms with Crippen molar-refractivity contribution in [2.45, 2.75) is 25.8 Å². The third kappa shape index (κ3) is 5.41. The highest BCUT2D eigenvalue weighted by Gasteiger charge is 2.39. The maximum absolute atomic E-state index is 12.8. The van der Waals surface area contributed by atoms with Gasteiger partial charge in [-0.1, -0.05) is 12.1 Å². The van der Waals surface area contributed by atoms with Gasteiger partial charge in [-0.05, 0) is 36.4 Å². The molecule has 0 radical (unpaired) electrons. The maximum Gasteiger partial charge on any atom is 0.416 e. The molecule has 10 heteroatoms. The number of hydrogen-bond acceptors (Lipinski definition) is 6. The first-order valence-corrected chi connectivity index (χ1v) is 8.97. The molecule has 1 amide bonds. The Hall–Kier alpha value is -3.82. The molecule has 7 nitrogen and oxygen atoms in total. The number of amides is 1. The number of anilines is 2. The Labute approximate surface area is 174 Å². The molecule has 162 valence electrons. The van der Waals surface area contributed by atoms with Crippen LogP contribution >= 0.6 is 0 Å². The van der Waals surface area contributed by atoms with E-state index in [4.69, 9.17) is 9.47 Å². The van der Waals surface area contributed by atoms with Gasteiger partial charge in [0.15, 0.2) is 5.57 Å². The third-order valence-electron chi connectivity index (χ3n) is 4.07. The molecule has 0 saturated carbocycles. The van der Waals surface area contributed by atoms with E-state index in [-0.39, 0.29) is 16.8 Å². The molecule has 0 unspecified atom stereocenters. The summed E-state index contributed by atoms with van der Waals surface area (Å²) in [5, 5.41) is 5.09. The molecule has 0 atom stereocenters. The topological polar surface area (TPSA) is 93.7 Å². The minimum atomic E-state index is -4.53. The summed E-state index contributed by atoms with van der Waals surface area (Å²) in [6.07, 6.45) is -3.45. The Kier molecular flexibility index (Phi) is 5.74. The predicted octanol–water partition coefficient (Wildman–Crippen LogP) is 4.09. The van der Waals surface area contributed by atoms with Crippen LogP contribution in [0.3, 0.4) is 0 Å². The molecular formula is C21H17F3N2O5. The molecule has 1 fully saturated rings. The number of ether oxygens (including phenoxy) is 2. The fourth-order valence-corrected chi connectivity index (χ4v) is 2.66. The molecule has 2 aromatic rings. The standard InChI is InChI=1S/C21H17F3N2O5/c1-20(2)30-18(28)16(19(29)31-20)11-25-14-7-3-5-12(9-14)17(27)26-15-8-4-6-13(10-15)21(22,23)24/h3-11,25H,1-2H3,(H,26,27). The summed E-state index contributed by atoms with van der Waals surface area (Å²) in [7, 11) is 0. The van der Waals surface area contributed by atoms with E-state index in [0.717, 1.165) is 18.3 Å². The van der Waals surface area contributed by atoms with Gasteiger partial charge in [-0.2, -0.15) is 13.2 Å². The van der Waals surface area contributed by atoms with Gasteiger partial charge in [0.25, 0.3) is 11.7 Å². The van der Waals surface area contributed by atoms with Gasteiger partial charge in [0.2, 0.25) is 0 Å². The number of benzene rings is 2. The van der Waals surface area contributed by atoms with Gasteiger partial charge in [-0.15, -0.1) is 0 Å². The van der Waals surface area contributed by atoms with Crippen molar-refractivity contribution >= 4 is 29.2 Å². The lowest BCUT2D eigenvalue weighted by Crippen LogP contribution is -2.42. The Balaban J connectivity index is 1.73. The largest absolute Gasteiger partial charge is 0.419 e. The van der Waals surface area contributed by atoms with E-state index in [1.165, 1.54) is 44.2 Å². The van der Waals surface area contributed by atoms with Crippen molar-refractivity contribution in [3.63, 3.8) is 0 Å². The summed E-state index contributed by atoms with van der Waals surface area (Å²) >= 11 is 0. The second-order valence-electron chi connectivity index (χ2n) is 6.99. The Bertz CT molecular complexity index is 1050. The summed E-state index contributed by atoms with van der Waals surface area (Å²) in [5.41, 5.74) is -0.791. The monoisotopic (exact) mass is 434 g/mol. The van der Waals surface area contributed by atoms with Crippen LogP contribution in [0.1, 0.15) is 29.8 Å². The predicted molar refractivity (Wildman–Crippen MR) is 104 cm³/mol. The molecule has 1 aliphatic heterocycles. The van der Waals surface area contributed by atoms with Crippen molar-refractivity contribution < 1.29 is 37.0 Å². The Morgan fingerprint density at radius 3 is 2.23 bits per heavy atom. The zero-order valence-electron chi connectivity index (χ0n) is 16.4. The zero-order valence-corrected chi connectivity index (χ0v) is 16.4. The highest BCUT2D eigenvalue weighted by molar-refractivity contribution is 6.15. The van der Waals surface area contributed by atoms with Crippen molar-refractivity contribution in [3.05, 3.63) is 71.4 Å². The fraction of sp³-hybridized carbons (Fsp3) is 0.190. The van der Waals surface area contributed by atoms with Crippen molar-refractivity contribution in [3.8, 4) is 0 Å². The zero-order chi connectivity index (χ0) is 22.8. The van der Waals surface area contributed by atoms with Gasteiger partial charge in [0.1, 0.15) is 0 Å². The Morgan fingerprint density at radius 2 is 1.58 bits per heavy atom. The first-order chi connectivity index (χ1) is 14.4. The molecule has 1 aliphatic rings. The van der Waals surface area contributed by atoms with Crippen LogP contribution in [0.4, 0.5) is 24.5 Å². The van der Waals surface area contributed by atoms with Gasteiger partial charge in [0.05, 0.1) is 5.56 Å². The second-order valence-corrected chi connectivity index (χ2v) is 6.99. The molecule has 31 heavy (non-hydrogen) atoms. The third-order valence-corrected chi connectivity index (χ3v) is 4.07. The number of carbonyl (C=O) groups excluding carboxylic acids is 3. The fourth-order valence-electron chi connectivity index (χ4n) is 2.66. The smallest absolute Gasteiger partial charge is 0.416 e. The summed E-state index contributed by atoms with van der Waals surface area (Å²) in [6, 6.07) is 10.2. The molecule has 2 N–H and O–H groups in total. The number of hydrogen-bond donors (Lipinski definition) is 2. The van der Waals surface area contributed by atoms with Crippen LogP contribution < -0.4 is 10.6 Å². The summed E-state index contributed by atoms with van der Waals surface area (Å²) in [4.78, 5) is 36.3.